The molecule has 0 aliphatic carbocycles. The SMILES string of the molecule is C=CCNS(=O)(=O)c1ccc(NC(=O)c2ccc(OCC(C)C)cc2)cc1. The molecule has 7 heteroatoms. The lowest BCUT2D eigenvalue weighted by molar-refractivity contribution is 0.102. The van der Waals surface area contributed by atoms with Crippen molar-refractivity contribution in [1.29, 1.82) is 0 Å². The monoisotopic (exact) mass is 388 g/mol. The third-order valence-electron chi connectivity index (χ3n) is 3.54. The molecule has 0 saturated carbocycles. The lowest BCUT2D eigenvalue weighted by atomic mass is 10.2. The Bertz CT molecular complexity index is 873. The quantitative estimate of drug-likeness (QED) is 0.645. The minimum absolute atomic E-state index is 0.119. The van der Waals surface area contributed by atoms with Crippen LogP contribution in [0, 0.1) is 5.92 Å². The second-order valence-electron chi connectivity index (χ2n) is 6.35. The number of sulfonamides is 1. The van der Waals surface area contributed by atoms with Gasteiger partial charge in [0, 0.05) is 17.8 Å². The van der Waals surface area contributed by atoms with E-state index in [1.807, 2.05) is 0 Å². The van der Waals surface area contributed by atoms with Crippen molar-refractivity contribution in [2.75, 3.05) is 18.5 Å². The van der Waals surface area contributed by atoms with Crippen molar-refractivity contribution in [2.24, 2.45) is 5.92 Å². The van der Waals surface area contributed by atoms with E-state index in [-0.39, 0.29) is 17.3 Å². The Morgan fingerprint density at radius 1 is 1.11 bits per heavy atom. The third kappa shape index (κ3) is 6.23. The first-order valence-electron chi connectivity index (χ1n) is 8.56. The standard InChI is InChI=1S/C20H24N2O4S/c1-4-13-21-27(24,25)19-11-7-17(8-12-19)22-20(23)16-5-9-18(10-6-16)26-14-15(2)3/h4-12,15,21H,1,13-14H2,2-3H3,(H,22,23). The van der Waals surface area contributed by atoms with Gasteiger partial charge in [0.2, 0.25) is 10.0 Å². The molecule has 144 valence electrons. The van der Waals surface area contributed by atoms with E-state index in [4.69, 9.17) is 4.74 Å². The lowest BCUT2D eigenvalue weighted by Gasteiger charge is -2.10. The van der Waals surface area contributed by atoms with Crippen molar-refractivity contribution in [1.82, 2.24) is 4.72 Å². The second kappa shape index (κ2) is 9.34. The average molecular weight is 388 g/mol. The van der Waals surface area contributed by atoms with Gasteiger partial charge in [0.1, 0.15) is 5.75 Å². The third-order valence-corrected chi connectivity index (χ3v) is 4.98. The summed E-state index contributed by atoms with van der Waals surface area (Å²) in [6, 6.07) is 12.8. The van der Waals surface area contributed by atoms with Crippen LogP contribution in [-0.4, -0.2) is 27.5 Å². The van der Waals surface area contributed by atoms with Gasteiger partial charge in [-0.05, 0) is 54.4 Å². The van der Waals surface area contributed by atoms with Gasteiger partial charge in [-0.15, -0.1) is 6.58 Å². The summed E-state index contributed by atoms with van der Waals surface area (Å²) < 4.78 is 32.0. The average Bonchev–Trinajstić information content (AvgIpc) is 2.65. The molecule has 0 aliphatic rings. The van der Waals surface area contributed by atoms with Crippen molar-refractivity contribution >= 4 is 21.6 Å². The summed E-state index contributed by atoms with van der Waals surface area (Å²) in [5.74, 6) is 0.847. The van der Waals surface area contributed by atoms with Gasteiger partial charge in [0.05, 0.1) is 11.5 Å². The predicted molar refractivity (Wildman–Crippen MR) is 107 cm³/mol. The van der Waals surface area contributed by atoms with Crippen LogP contribution >= 0.6 is 0 Å². The maximum Gasteiger partial charge on any atom is 0.255 e. The zero-order chi connectivity index (χ0) is 19.9. The van der Waals surface area contributed by atoms with Crippen LogP contribution in [0.25, 0.3) is 0 Å². The Kier molecular flexibility index (Phi) is 7.15. The van der Waals surface area contributed by atoms with E-state index in [1.54, 1.807) is 36.4 Å². The van der Waals surface area contributed by atoms with Gasteiger partial charge in [-0.3, -0.25) is 4.79 Å². The smallest absolute Gasteiger partial charge is 0.255 e. The highest BCUT2D eigenvalue weighted by Crippen LogP contribution is 2.17. The molecule has 0 spiro atoms. The number of rotatable bonds is 9. The van der Waals surface area contributed by atoms with Crippen LogP contribution in [0.15, 0.2) is 66.1 Å². The van der Waals surface area contributed by atoms with Gasteiger partial charge in [0.15, 0.2) is 0 Å². The maximum atomic E-state index is 12.3. The molecule has 0 unspecified atom stereocenters. The maximum absolute atomic E-state index is 12.3. The van der Waals surface area contributed by atoms with Crippen LogP contribution in [0.1, 0.15) is 24.2 Å². The summed E-state index contributed by atoms with van der Waals surface area (Å²) in [6.45, 7) is 8.36. The zero-order valence-corrected chi connectivity index (χ0v) is 16.3. The molecule has 0 atom stereocenters. The van der Waals surface area contributed by atoms with Crippen LogP contribution in [0.3, 0.4) is 0 Å². The second-order valence-corrected chi connectivity index (χ2v) is 8.12. The molecule has 2 aromatic rings. The van der Waals surface area contributed by atoms with Crippen molar-refractivity contribution in [3.63, 3.8) is 0 Å². The molecule has 0 radical (unpaired) electrons. The Labute approximate surface area is 160 Å². The van der Waals surface area contributed by atoms with Crippen LogP contribution in [0.5, 0.6) is 5.75 Å². The predicted octanol–water partition coefficient (Wildman–Crippen LogP) is 3.44. The van der Waals surface area contributed by atoms with E-state index < -0.39 is 10.0 Å². The molecule has 0 aliphatic heterocycles. The summed E-state index contributed by atoms with van der Waals surface area (Å²) in [4.78, 5) is 12.4. The Morgan fingerprint density at radius 2 is 1.74 bits per heavy atom. The van der Waals surface area contributed by atoms with E-state index >= 15 is 0 Å². The van der Waals surface area contributed by atoms with Gasteiger partial charge < -0.3 is 10.1 Å². The molecule has 6 nitrogen and oxygen atoms in total. The van der Waals surface area contributed by atoms with Crippen molar-refractivity contribution in [3.8, 4) is 5.75 Å². The Balaban J connectivity index is 2.00. The number of carbonyl (C=O) groups is 1. The van der Waals surface area contributed by atoms with E-state index in [2.05, 4.69) is 30.5 Å². The molecule has 0 bridgehead atoms. The van der Waals surface area contributed by atoms with E-state index in [0.29, 0.717) is 29.5 Å². The molecule has 1 amide bonds. The summed E-state index contributed by atoms with van der Waals surface area (Å²) in [6.07, 6.45) is 1.46. The number of ether oxygens (including phenoxy) is 1. The van der Waals surface area contributed by atoms with E-state index in [0.717, 1.165) is 0 Å². The molecule has 2 rings (SSSR count). The topological polar surface area (TPSA) is 84.5 Å². The first-order chi connectivity index (χ1) is 12.8. The highest BCUT2D eigenvalue weighted by Gasteiger charge is 2.13. The normalized spacial score (nSPS) is 11.2. The highest BCUT2D eigenvalue weighted by atomic mass is 32.2. The van der Waals surface area contributed by atoms with Gasteiger partial charge in [-0.1, -0.05) is 19.9 Å². The van der Waals surface area contributed by atoms with E-state index in [1.165, 1.54) is 18.2 Å². The van der Waals surface area contributed by atoms with Crippen LogP contribution < -0.4 is 14.8 Å². The number of hydrogen-bond donors (Lipinski definition) is 2. The fourth-order valence-corrected chi connectivity index (χ4v) is 3.14. The van der Waals surface area contributed by atoms with Gasteiger partial charge in [-0.2, -0.15) is 0 Å². The summed E-state index contributed by atoms with van der Waals surface area (Å²) in [5, 5.41) is 2.74. The van der Waals surface area contributed by atoms with Gasteiger partial charge in [0.25, 0.3) is 5.91 Å². The van der Waals surface area contributed by atoms with Crippen molar-refractivity contribution in [3.05, 3.63) is 66.7 Å². The molecule has 0 aromatic heterocycles. The summed E-state index contributed by atoms with van der Waals surface area (Å²) in [7, 11) is -3.58. The lowest BCUT2D eigenvalue weighted by Crippen LogP contribution is -2.23. The largest absolute Gasteiger partial charge is 0.493 e. The number of anilines is 1. The first kappa shape index (κ1) is 20.7. The Morgan fingerprint density at radius 3 is 2.30 bits per heavy atom. The van der Waals surface area contributed by atoms with Crippen molar-refractivity contribution < 1.29 is 17.9 Å². The molecule has 0 saturated heterocycles. The molecule has 0 fully saturated rings. The minimum Gasteiger partial charge on any atom is -0.493 e. The van der Waals surface area contributed by atoms with Crippen LogP contribution in [-0.2, 0) is 10.0 Å². The molecular weight excluding hydrogens is 364 g/mol. The Hall–Kier alpha value is -2.64. The summed E-state index contributed by atoms with van der Waals surface area (Å²) in [5.41, 5.74) is 0.985. The molecular formula is C20H24N2O4S. The molecule has 2 N–H and O–H groups in total. The number of nitrogens with one attached hydrogen (secondary N) is 2. The number of benzene rings is 2. The highest BCUT2D eigenvalue weighted by molar-refractivity contribution is 7.89. The fraction of sp³-hybridized carbons (Fsp3) is 0.250. The number of amides is 1. The first-order valence-corrected chi connectivity index (χ1v) is 10.0. The van der Waals surface area contributed by atoms with Crippen molar-refractivity contribution in [2.45, 2.75) is 18.7 Å². The zero-order valence-electron chi connectivity index (χ0n) is 15.4. The molecule has 0 heterocycles. The number of hydrogen-bond acceptors (Lipinski definition) is 4. The van der Waals surface area contributed by atoms with E-state index in [9.17, 15) is 13.2 Å². The van der Waals surface area contributed by atoms with Crippen LogP contribution in [0.2, 0.25) is 0 Å². The minimum atomic E-state index is -3.58. The van der Waals surface area contributed by atoms with Crippen LogP contribution in [0.4, 0.5) is 5.69 Å². The fourth-order valence-electron chi connectivity index (χ4n) is 2.14. The molecule has 27 heavy (non-hydrogen) atoms. The molecule has 2 aromatic carbocycles. The van der Waals surface area contributed by atoms with Gasteiger partial charge in [-0.25, -0.2) is 13.1 Å². The summed E-state index contributed by atoms with van der Waals surface area (Å²) >= 11 is 0. The number of carbonyl (C=O) groups excluding carboxylic acids is 1. The van der Waals surface area contributed by atoms with Gasteiger partial charge >= 0.3 is 0 Å².